The number of hydrogen-bond donors (Lipinski definition) is 1. The predicted octanol–water partition coefficient (Wildman–Crippen LogP) is 4.24. The highest BCUT2D eigenvalue weighted by Crippen LogP contribution is 2.36. The van der Waals surface area contributed by atoms with Crippen LogP contribution in [0.1, 0.15) is 38.3 Å². The summed E-state index contributed by atoms with van der Waals surface area (Å²) in [7, 11) is 0. The molecule has 0 aliphatic carbocycles. The number of aliphatic carboxylic acids is 1. The van der Waals surface area contributed by atoms with Gasteiger partial charge in [0, 0.05) is 16.1 Å². The number of hydrogen-bond acceptors (Lipinski definition) is 2. The molecule has 1 heterocycles. The van der Waals surface area contributed by atoms with Gasteiger partial charge >= 0.3 is 5.97 Å². The van der Waals surface area contributed by atoms with Crippen LogP contribution in [0.15, 0.2) is 18.2 Å². The Labute approximate surface area is 129 Å². The second-order valence-corrected chi connectivity index (χ2v) is 6.59. The molecule has 1 N–H and O–H groups in total. The van der Waals surface area contributed by atoms with E-state index in [1.165, 1.54) is 0 Å². The van der Waals surface area contributed by atoms with E-state index < -0.39 is 11.4 Å². The minimum absolute atomic E-state index is 0.138. The molecular weight excluding hydrogens is 297 g/mol. The number of likely N-dealkylation sites (tertiary alicyclic amines) is 1. The quantitative estimate of drug-likeness (QED) is 0.906. The lowest BCUT2D eigenvalue weighted by Gasteiger charge is -2.39. The number of piperidine rings is 1. The highest BCUT2D eigenvalue weighted by molar-refractivity contribution is 6.33. The number of rotatable bonds is 3. The Morgan fingerprint density at radius 1 is 1.35 bits per heavy atom. The third kappa shape index (κ3) is 3.11. The molecule has 1 aliphatic heterocycles. The minimum atomic E-state index is -0.703. The van der Waals surface area contributed by atoms with E-state index in [0.717, 1.165) is 18.7 Å². The van der Waals surface area contributed by atoms with Gasteiger partial charge in [-0.15, -0.1) is 0 Å². The van der Waals surface area contributed by atoms with E-state index in [4.69, 9.17) is 23.2 Å². The lowest BCUT2D eigenvalue weighted by molar-refractivity contribution is -0.151. The van der Waals surface area contributed by atoms with Crippen LogP contribution in [0.4, 0.5) is 0 Å². The zero-order chi connectivity index (χ0) is 14.9. The fourth-order valence-electron chi connectivity index (χ4n) is 2.65. The standard InChI is InChI=1S/C15H19Cl2NO2/c1-10(12-9-11(16)3-4-13(12)17)18-7-5-15(2,6-8-18)14(19)20/h3-4,9-10H,5-8H2,1-2H3,(H,19,20). The second-order valence-electron chi connectivity index (χ2n) is 5.74. The third-order valence-electron chi connectivity index (χ3n) is 4.37. The number of benzene rings is 1. The van der Waals surface area contributed by atoms with Gasteiger partial charge in [-0.05, 0) is 63.5 Å². The lowest BCUT2D eigenvalue weighted by Crippen LogP contribution is -2.43. The SMILES string of the molecule is CC(c1cc(Cl)ccc1Cl)N1CCC(C)(C(=O)O)CC1. The Morgan fingerprint density at radius 2 is 1.95 bits per heavy atom. The Hall–Kier alpha value is -0.770. The number of carbonyl (C=O) groups is 1. The van der Waals surface area contributed by atoms with Crippen molar-refractivity contribution in [3.63, 3.8) is 0 Å². The van der Waals surface area contributed by atoms with Gasteiger partial charge in [-0.2, -0.15) is 0 Å². The summed E-state index contributed by atoms with van der Waals surface area (Å²) in [4.78, 5) is 13.5. The summed E-state index contributed by atoms with van der Waals surface area (Å²) in [6, 6.07) is 5.61. The van der Waals surface area contributed by atoms with Gasteiger partial charge in [-0.25, -0.2) is 0 Å². The average molecular weight is 316 g/mol. The highest BCUT2D eigenvalue weighted by Gasteiger charge is 2.38. The molecule has 1 unspecified atom stereocenters. The van der Waals surface area contributed by atoms with E-state index in [1.807, 2.05) is 13.0 Å². The molecule has 0 saturated carbocycles. The van der Waals surface area contributed by atoms with Crippen molar-refractivity contribution < 1.29 is 9.90 Å². The van der Waals surface area contributed by atoms with Gasteiger partial charge in [0.05, 0.1) is 5.41 Å². The molecule has 5 heteroatoms. The van der Waals surface area contributed by atoms with Crippen LogP contribution in [0.5, 0.6) is 0 Å². The molecule has 3 nitrogen and oxygen atoms in total. The van der Waals surface area contributed by atoms with Crippen molar-refractivity contribution in [3.05, 3.63) is 33.8 Å². The number of carboxylic acids is 1. The average Bonchev–Trinajstić information content (AvgIpc) is 2.41. The molecule has 0 spiro atoms. The minimum Gasteiger partial charge on any atom is -0.481 e. The summed E-state index contributed by atoms with van der Waals surface area (Å²) in [5.74, 6) is -0.703. The molecule has 1 atom stereocenters. The van der Waals surface area contributed by atoms with Crippen LogP contribution in [-0.2, 0) is 4.79 Å². The summed E-state index contributed by atoms with van der Waals surface area (Å²) in [5.41, 5.74) is 0.395. The van der Waals surface area contributed by atoms with Crippen LogP contribution in [0.3, 0.4) is 0 Å². The van der Waals surface area contributed by atoms with Gasteiger partial charge in [-0.1, -0.05) is 23.2 Å². The smallest absolute Gasteiger partial charge is 0.309 e. The first-order valence-corrected chi connectivity index (χ1v) is 7.51. The molecule has 1 aliphatic rings. The topological polar surface area (TPSA) is 40.5 Å². The Balaban J connectivity index is 2.10. The normalized spacial score (nSPS) is 20.6. The molecule has 0 aromatic heterocycles. The van der Waals surface area contributed by atoms with E-state index in [9.17, 15) is 9.90 Å². The van der Waals surface area contributed by atoms with Crippen LogP contribution in [0.2, 0.25) is 10.0 Å². The molecule has 1 aromatic carbocycles. The van der Waals surface area contributed by atoms with Gasteiger partial charge in [0.1, 0.15) is 0 Å². The zero-order valence-corrected chi connectivity index (χ0v) is 13.2. The molecule has 1 saturated heterocycles. The molecule has 110 valence electrons. The summed E-state index contributed by atoms with van der Waals surface area (Å²) in [5, 5.41) is 10.6. The van der Waals surface area contributed by atoms with Crippen LogP contribution < -0.4 is 0 Å². The summed E-state index contributed by atoms with van der Waals surface area (Å²) in [6.07, 6.45) is 1.32. The van der Waals surface area contributed by atoms with Crippen LogP contribution in [0.25, 0.3) is 0 Å². The molecule has 0 radical (unpaired) electrons. The van der Waals surface area contributed by atoms with Crippen molar-refractivity contribution in [2.24, 2.45) is 5.41 Å². The van der Waals surface area contributed by atoms with Crippen LogP contribution in [0, 0.1) is 5.41 Å². The van der Waals surface area contributed by atoms with Crippen LogP contribution >= 0.6 is 23.2 Å². The summed E-state index contributed by atoms with van der Waals surface area (Å²) < 4.78 is 0. The second kappa shape index (κ2) is 5.92. The number of carboxylic acid groups (broad SMARTS) is 1. The predicted molar refractivity (Wildman–Crippen MR) is 81.4 cm³/mol. The molecule has 0 bridgehead atoms. The van der Waals surface area contributed by atoms with E-state index in [-0.39, 0.29) is 6.04 Å². The van der Waals surface area contributed by atoms with E-state index in [2.05, 4.69) is 11.8 Å². The fourth-order valence-corrected chi connectivity index (χ4v) is 3.11. The van der Waals surface area contributed by atoms with Crippen molar-refractivity contribution in [2.75, 3.05) is 13.1 Å². The summed E-state index contributed by atoms with van der Waals surface area (Å²) >= 11 is 12.3. The molecule has 1 aromatic rings. The first kappa shape index (κ1) is 15.6. The van der Waals surface area contributed by atoms with E-state index in [1.54, 1.807) is 12.1 Å². The molecular formula is C15H19Cl2NO2. The third-order valence-corrected chi connectivity index (χ3v) is 4.95. The molecule has 1 fully saturated rings. The molecule has 0 amide bonds. The lowest BCUT2D eigenvalue weighted by atomic mass is 9.80. The number of halogens is 2. The Bertz CT molecular complexity index is 511. The van der Waals surface area contributed by atoms with Crippen molar-refractivity contribution in [3.8, 4) is 0 Å². The van der Waals surface area contributed by atoms with E-state index in [0.29, 0.717) is 22.9 Å². The molecule has 2 rings (SSSR count). The summed E-state index contributed by atoms with van der Waals surface area (Å²) in [6.45, 7) is 5.42. The van der Waals surface area contributed by atoms with Crippen molar-refractivity contribution >= 4 is 29.2 Å². The van der Waals surface area contributed by atoms with Crippen molar-refractivity contribution in [2.45, 2.75) is 32.7 Å². The van der Waals surface area contributed by atoms with Crippen molar-refractivity contribution in [1.29, 1.82) is 0 Å². The van der Waals surface area contributed by atoms with Gasteiger partial charge < -0.3 is 5.11 Å². The first-order chi connectivity index (χ1) is 9.33. The van der Waals surface area contributed by atoms with Crippen LogP contribution in [-0.4, -0.2) is 29.1 Å². The van der Waals surface area contributed by atoms with Gasteiger partial charge in [0.15, 0.2) is 0 Å². The maximum atomic E-state index is 11.3. The van der Waals surface area contributed by atoms with Gasteiger partial charge in [0.2, 0.25) is 0 Å². The maximum absolute atomic E-state index is 11.3. The van der Waals surface area contributed by atoms with E-state index >= 15 is 0 Å². The monoisotopic (exact) mass is 315 g/mol. The highest BCUT2D eigenvalue weighted by atomic mass is 35.5. The first-order valence-electron chi connectivity index (χ1n) is 6.76. The Morgan fingerprint density at radius 3 is 2.50 bits per heavy atom. The van der Waals surface area contributed by atoms with Crippen molar-refractivity contribution in [1.82, 2.24) is 4.90 Å². The Kier molecular flexibility index (Phi) is 4.62. The zero-order valence-electron chi connectivity index (χ0n) is 11.7. The maximum Gasteiger partial charge on any atom is 0.309 e. The van der Waals surface area contributed by atoms with Gasteiger partial charge in [-0.3, -0.25) is 9.69 Å². The fraction of sp³-hybridized carbons (Fsp3) is 0.533. The molecule has 20 heavy (non-hydrogen) atoms. The number of nitrogens with zero attached hydrogens (tertiary/aromatic N) is 1. The van der Waals surface area contributed by atoms with Gasteiger partial charge in [0.25, 0.3) is 0 Å². The largest absolute Gasteiger partial charge is 0.481 e.